The van der Waals surface area contributed by atoms with Crippen molar-refractivity contribution in [1.82, 2.24) is 0 Å². The first kappa shape index (κ1) is 13.0. The van der Waals surface area contributed by atoms with Crippen molar-refractivity contribution in [3.63, 3.8) is 0 Å². The van der Waals surface area contributed by atoms with E-state index in [-0.39, 0.29) is 12.4 Å². The fourth-order valence-corrected chi connectivity index (χ4v) is 2.61. The number of fused-ring (bicyclic) bond motifs is 1. The summed E-state index contributed by atoms with van der Waals surface area (Å²) in [5.74, 6) is 0.501. The van der Waals surface area contributed by atoms with Crippen molar-refractivity contribution >= 4 is 17.6 Å². The Morgan fingerprint density at radius 2 is 1.95 bits per heavy atom. The van der Waals surface area contributed by atoms with Crippen molar-refractivity contribution in [2.24, 2.45) is 0 Å². The van der Waals surface area contributed by atoms with Gasteiger partial charge in [0.1, 0.15) is 5.75 Å². The van der Waals surface area contributed by atoms with Crippen LogP contribution in [-0.4, -0.2) is 13.1 Å². The molecule has 20 heavy (non-hydrogen) atoms. The van der Waals surface area contributed by atoms with Gasteiger partial charge < -0.3 is 9.47 Å². The molecule has 0 aliphatic carbocycles. The molecular formula is C16H13ClO3. The van der Waals surface area contributed by atoms with Gasteiger partial charge in [0.15, 0.2) is 6.10 Å². The molecule has 0 saturated heterocycles. The summed E-state index contributed by atoms with van der Waals surface area (Å²) in [7, 11) is 1.62. The lowest BCUT2D eigenvalue weighted by atomic mass is 9.92. The van der Waals surface area contributed by atoms with Crippen molar-refractivity contribution in [1.29, 1.82) is 0 Å². The fraction of sp³-hybridized carbons (Fsp3) is 0.188. The van der Waals surface area contributed by atoms with Gasteiger partial charge in [-0.2, -0.15) is 0 Å². The number of carbonyl (C=O) groups is 1. The number of ether oxygens (including phenoxy) is 2. The molecule has 0 radical (unpaired) electrons. The molecule has 2 aromatic rings. The Hall–Kier alpha value is -2.00. The van der Waals surface area contributed by atoms with Crippen LogP contribution in [0.5, 0.6) is 5.75 Å². The highest BCUT2D eigenvalue weighted by molar-refractivity contribution is 6.30. The quantitative estimate of drug-likeness (QED) is 0.793. The van der Waals surface area contributed by atoms with Crippen LogP contribution in [0.3, 0.4) is 0 Å². The van der Waals surface area contributed by atoms with Crippen LogP contribution in [0, 0.1) is 0 Å². The third-order valence-corrected chi connectivity index (χ3v) is 3.65. The average Bonchev–Trinajstić information content (AvgIpc) is 2.46. The zero-order chi connectivity index (χ0) is 14.1. The molecule has 1 aliphatic heterocycles. The third kappa shape index (κ3) is 2.25. The summed E-state index contributed by atoms with van der Waals surface area (Å²) in [4.78, 5) is 11.8. The largest absolute Gasteiger partial charge is 0.496 e. The van der Waals surface area contributed by atoms with Crippen LogP contribution in [0.15, 0.2) is 42.5 Å². The van der Waals surface area contributed by atoms with Gasteiger partial charge in [0.2, 0.25) is 0 Å². The molecule has 0 amide bonds. The molecule has 0 spiro atoms. The van der Waals surface area contributed by atoms with Crippen LogP contribution in [0.4, 0.5) is 0 Å². The van der Waals surface area contributed by atoms with E-state index in [0.717, 1.165) is 22.4 Å². The maximum absolute atomic E-state index is 11.8. The monoisotopic (exact) mass is 288 g/mol. The summed E-state index contributed by atoms with van der Waals surface area (Å²) in [6.45, 7) is 0. The average molecular weight is 289 g/mol. The Bertz CT molecular complexity index is 649. The Kier molecular flexibility index (Phi) is 3.36. The first-order valence-corrected chi connectivity index (χ1v) is 6.67. The number of cyclic esters (lactones) is 1. The van der Waals surface area contributed by atoms with E-state index in [9.17, 15) is 4.79 Å². The molecule has 0 saturated carbocycles. The fourth-order valence-electron chi connectivity index (χ4n) is 2.48. The smallest absolute Gasteiger partial charge is 0.311 e. The lowest BCUT2D eigenvalue weighted by Crippen LogP contribution is -2.22. The lowest BCUT2D eigenvalue weighted by Gasteiger charge is -2.27. The highest BCUT2D eigenvalue weighted by Crippen LogP contribution is 2.39. The molecule has 2 aromatic carbocycles. The van der Waals surface area contributed by atoms with Crippen LogP contribution in [0.1, 0.15) is 22.8 Å². The van der Waals surface area contributed by atoms with Gasteiger partial charge >= 0.3 is 5.97 Å². The molecule has 0 aromatic heterocycles. The first-order valence-electron chi connectivity index (χ1n) is 6.30. The van der Waals surface area contributed by atoms with Gasteiger partial charge in [0, 0.05) is 10.6 Å². The Labute approximate surface area is 122 Å². The predicted molar refractivity (Wildman–Crippen MR) is 76.1 cm³/mol. The highest BCUT2D eigenvalue weighted by Gasteiger charge is 2.30. The van der Waals surface area contributed by atoms with Crippen LogP contribution in [0.2, 0.25) is 5.02 Å². The van der Waals surface area contributed by atoms with Crippen LogP contribution in [-0.2, 0) is 16.0 Å². The van der Waals surface area contributed by atoms with Crippen LogP contribution >= 0.6 is 11.6 Å². The Morgan fingerprint density at radius 1 is 1.20 bits per heavy atom. The number of halogens is 1. The van der Waals surface area contributed by atoms with Gasteiger partial charge in [-0.1, -0.05) is 35.9 Å². The standard InChI is InChI=1S/C16H13ClO3/c1-19-13-4-2-3-11-9-14(18)20-16(15(11)13)10-5-7-12(17)8-6-10/h2-8,16H,9H2,1H3. The number of hydrogen-bond acceptors (Lipinski definition) is 3. The van der Waals surface area contributed by atoms with E-state index >= 15 is 0 Å². The molecule has 0 N–H and O–H groups in total. The minimum atomic E-state index is -0.445. The third-order valence-electron chi connectivity index (χ3n) is 3.40. The number of rotatable bonds is 2. The Balaban J connectivity index is 2.13. The van der Waals surface area contributed by atoms with Crippen molar-refractivity contribution in [2.75, 3.05) is 7.11 Å². The van der Waals surface area contributed by atoms with Gasteiger partial charge in [0.05, 0.1) is 13.5 Å². The van der Waals surface area contributed by atoms with E-state index in [1.807, 2.05) is 30.3 Å². The van der Waals surface area contributed by atoms with Gasteiger partial charge in [-0.25, -0.2) is 0 Å². The molecule has 1 unspecified atom stereocenters. The first-order chi connectivity index (χ1) is 9.69. The van der Waals surface area contributed by atoms with Crippen molar-refractivity contribution < 1.29 is 14.3 Å². The van der Waals surface area contributed by atoms with Crippen molar-refractivity contribution in [3.8, 4) is 5.75 Å². The van der Waals surface area contributed by atoms with Crippen LogP contribution in [0.25, 0.3) is 0 Å². The second kappa shape index (κ2) is 5.17. The van der Waals surface area contributed by atoms with E-state index in [4.69, 9.17) is 21.1 Å². The summed E-state index contributed by atoms with van der Waals surface area (Å²) >= 11 is 5.91. The summed E-state index contributed by atoms with van der Waals surface area (Å²) in [6.07, 6.45) is -0.170. The number of hydrogen-bond donors (Lipinski definition) is 0. The molecule has 0 bridgehead atoms. The number of benzene rings is 2. The lowest BCUT2D eigenvalue weighted by molar-refractivity contribution is -0.148. The number of esters is 1. The van der Waals surface area contributed by atoms with E-state index < -0.39 is 6.10 Å². The second-order valence-corrected chi connectivity index (χ2v) is 5.07. The molecule has 1 aliphatic rings. The molecule has 0 fully saturated rings. The molecule has 102 valence electrons. The van der Waals surface area contributed by atoms with Gasteiger partial charge in [-0.05, 0) is 29.3 Å². The highest BCUT2D eigenvalue weighted by atomic mass is 35.5. The predicted octanol–water partition coefficient (Wildman–Crippen LogP) is 3.54. The van der Waals surface area contributed by atoms with Crippen molar-refractivity contribution in [3.05, 3.63) is 64.2 Å². The molecule has 4 heteroatoms. The minimum absolute atomic E-state index is 0.231. The van der Waals surface area contributed by atoms with Gasteiger partial charge in [-0.15, -0.1) is 0 Å². The van der Waals surface area contributed by atoms with E-state index in [2.05, 4.69) is 0 Å². The van der Waals surface area contributed by atoms with Crippen LogP contribution < -0.4 is 4.74 Å². The zero-order valence-corrected chi connectivity index (χ0v) is 11.7. The molecule has 1 heterocycles. The normalized spacial score (nSPS) is 17.3. The van der Waals surface area contributed by atoms with Crippen molar-refractivity contribution in [2.45, 2.75) is 12.5 Å². The Morgan fingerprint density at radius 3 is 2.65 bits per heavy atom. The molecule has 3 nitrogen and oxygen atoms in total. The van der Waals surface area contributed by atoms with E-state index in [1.165, 1.54) is 0 Å². The van der Waals surface area contributed by atoms with Gasteiger partial charge in [0.25, 0.3) is 0 Å². The summed E-state index contributed by atoms with van der Waals surface area (Å²) in [5.41, 5.74) is 2.74. The topological polar surface area (TPSA) is 35.5 Å². The van der Waals surface area contributed by atoms with E-state index in [0.29, 0.717) is 5.02 Å². The minimum Gasteiger partial charge on any atom is -0.496 e. The van der Waals surface area contributed by atoms with E-state index in [1.54, 1.807) is 19.2 Å². The number of carbonyl (C=O) groups excluding carboxylic acids is 1. The summed E-state index contributed by atoms with van der Waals surface area (Å²) in [6, 6.07) is 13.0. The summed E-state index contributed by atoms with van der Waals surface area (Å²) in [5, 5.41) is 0.649. The summed E-state index contributed by atoms with van der Waals surface area (Å²) < 4.78 is 10.9. The maximum atomic E-state index is 11.8. The maximum Gasteiger partial charge on any atom is 0.311 e. The molecule has 1 atom stereocenters. The zero-order valence-electron chi connectivity index (χ0n) is 10.9. The SMILES string of the molecule is COc1cccc2c1C(c1ccc(Cl)cc1)OC(=O)C2. The molecular weight excluding hydrogens is 276 g/mol. The molecule has 3 rings (SSSR count). The second-order valence-electron chi connectivity index (χ2n) is 4.63. The van der Waals surface area contributed by atoms with Gasteiger partial charge in [-0.3, -0.25) is 4.79 Å². The number of methoxy groups -OCH3 is 1.